The van der Waals surface area contributed by atoms with Gasteiger partial charge in [-0.25, -0.2) is 0 Å². The molecule has 0 saturated heterocycles. The predicted octanol–water partition coefficient (Wildman–Crippen LogP) is 7.90. The van der Waals surface area contributed by atoms with Crippen molar-refractivity contribution < 1.29 is 14.3 Å². The van der Waals surface area contributed by atoms with E-state index in [-0.39, 0.29) is 11.2 Å². The third kappa shape index (κ3) is 6.38. The van der Waals surface area contributed by atoms with Crippen LogP contribution in [0.5, 0.6) is 11.5 Å². The summed E-state index contributed by atoms with van der Waals surface area (Å²) >= 11 is 0. The summed E-state index contributed by atoms with van der Waals surface area (Å²) in [6, 6.07) is 20.0. The molecule has 0 aliphatic heterocycles. The van der Waals surface area contributed by atoms with E-state index in [1.165, 1.54) is 11.1 Å². The minimum atomic E-state index is -0.0224. The van der Waals surface area contributed by atoms with E-state index in [9.17, 15) is 4.79 Å². The maximum absolute atomic E-state index is 12.6. The number of carbonyl (C=O) groups excluding carboxylic acids is 1. The summed E-state index contributed by atoms with van der Waals surface area (Å²) in [7, 11) is 1.66. The molecule has 3 aromatic rings. The average Bonchev–Trinajstić information content (AvgIpc) is 2.80. The topological polar surface area (TPSA) is 35.5 Å². The molecule has 0 aromatic heterocycles. The number of ketones is 1. The number of hydrogen-bond donors (Lipinski definition) is 0. The van der Waals surface area contributed by atoms with Gasteiger partial charge in [0.1, 0.15) is 18.1 Å². The van der Waals surface area contributed by atoms with Crippen molar-refractivity contribution >= 4 is 11.9 Å². The number of hydrogen-bond acceptors (Lipinski definition) is 3. The van der Waals surface area contributed by atoms with E-state index in [1.54, 1.807) is 13.2 Å². The van der Waals surface area contributed by atoms with Crippen molar-refractivity contribution in [1.29, 1.82) is 0 Å². The number of rotatable bonds is 8. The first-order valence-corrected chi connectivity index (χ1v) is 11.8. The zero-order chi connectivity index (χ0) is 24.9. The standard InChI is InChI=1S/C31H36O3/c1-21(2)24-11-13-25(14-12-24)28(32)16-9-23-10-17-29(33-7)26(19-23)20-34-30-18-22(3)8-15-27(30)31(4,5)6/h8-19,21H,20H2,1-7H3/b16-9+. The van der Waals surface area contributed by atoms with Gasteiger partial charge in [0, 0.05) is 11.1 Å². The second kappa shape index (κ2) is 10.7. The molecule has 0 saturated carbocycles. The van der Waals surface area contributed by atoms with Crippen LogP contribution in [0.1, 0.15) is 78.7 Å². The van der Waals surface area contributed by atoms with Crippen molar-refractivity contribution in [2.75, 3.05) is 7.11 Å². The van der Waals surface area contributed by atoms with Crippen molar-refractivity contribution in [3.63, 3.8) is 0 Å². The Morgan fingerprint density at radius 3 is 2.26 bits per heavy atom. The minimum absolute atomic E-state index is 0.0153. The van der Waals surface area contributed by atoms with Crippen molar-refractivity contribution in [3.05, 3.63) is 100 Å². The van der Waals surface area contributed by atoms with E-state index in [0.717, 1.165) is 28.2 Å². The predicted molar refractivity (Wildman–Crippen MR) is 141 cm³/mol. The van der Waals surface area contributed by atoms with Crippen LogP contribution in [0.2, 0.25) is 0 Å². The Labute approximate surface area is 204 Å². The van der Waals surface area contributed by atoms with Gasteiger partial charge >= 0.3 is 0 Å². The fourth-order valence-corrected chi connectivity index (χ4v) is 3.84. The van der Waals surface area contributed by atoms with Crippen molar-refractivity contribution in [3.8, 4) is 11.5 Å². The lowest BCUT2D eigenvalue weighted by molar-refractivity contribution is 0.104. The van der Waals surface area contributed by atoms with E-state index in [2.05, 4.69) is 59.7 Å². The summed E-state index contributed by atoms with van der Waals surface area (Å²) in [5, 5.41) is 0. The van der Waals surface area contributed by atoms with E-state index in [4.69, 9.17) is 9.47 Å². The molecule has 3 nitrogen and oxygen atoms in total. The van der Waals surface area contributed by atoms with Crippen molar-refractivity contribution in [2.45, 2.75) is 59.5 Å². The van der Waals surface area contributed by atoms with Crippen LogP contribution in [-0.2, 0) is 12.0 Å². The summed E-state index contributed by atoms with van der Waals surface area (Å²) in [6.45, 7) is 13.3. The number of aryl methyl sites for hydroxylation is 1. The van der Waals surface area contributed by atoms with Crippen LogP contribution in [-0.4, -0.2) is 12.9 Å². The first kappa shape index (κ1) is 25.3. The van der Waals surface area contributed by atoms with Crippen molar-refractivity contribution in [2.24, 2.45) is 0 Å². The van der Waals surface area contributed by atoms with E-state index >= 15 is 0 Å². The van der Waals surface area contributed by atoms with Gasteiger partial charge in [-0.3, -0.25) is 4.79 Å². The molecule has 178 valence electrons. The summed E-state index contributed by atoms with van der Waals surface area (Å²) in [4.78, 5) is 12.6. The maximum Gasteiger partial charge on any atom is 0.185 e. The lowest BCUT2D eigenvalue weighted by Crippen LogP contribution is -2.13. The minimum Gasteiger partial charge on any atom is -0.496 e. The molecule has 0 unspecified atom stereocenters. The number of benzene rings is 3. The molecule has 0 bridgehead atoms. The molecule has 34 heavy (non-hydrogen) atoms. The monoisotopic (exact) mass is 456 g/mol. The molecule has 0 aliphatic rings. The number of methoxy groups -OCH3 is 1. The normalized spacial score (nSPS) is 11.8. The second-order valence-electron chi connectivity index (χ2n) is 10.1. The lowest BCUT2D eigenvalue weighted by atomic mass is 9.86. The van der Waals surface area contributed by atoms with Gasteiger partial charge in [0.2, 0.25) is 0 Å². The van der Waals surface area contributed by atoms with Crippen LogP contribution >= 0.6 is 0 Å². The van der Waals surface area contributed by atoms with Crippen LogP contribution in [0.25, 0.3) is 6.08 Å². The molecule has 0 aliphatic carbocycles. The molecular formula is C31H36O3. The van der Waals surface area contributed by atoms with Gasteiger partial charge in [0.15, 0.2) is 5.78 Å². The maximum atomic E-state index is 12.6. The van der Waals surface area contributed by atoms with Gasteiger partial charge in [-0.15, -0.1) is 0 Å². The third-order valence-corrected chi connectivity index (χ3v) is 5.92. The third-order valence-electron chi connectivity index (χ3n) is 5.92. The van der Waals surface area contributed by atoms with Gasteiger partial charge in [-0.05, 0) is 64.8 Å². The first-order valence-electron chi connectivity index (χ1n) is 11.8. The fourth-order valence-electron chi connectivity index (χ4n) is 3.84. The van der Waals surface area contributed by atoms with Gasteiger partial charge in [0.05, 0.1) is 7.11 Å². The summed E-state index contributed by atoms with van der Waals surface area (Å²) in [5.41, 5.74) is 6.07. The lowest BCUT2D eigenvalue weighted by Gasteiger charge is -2.23. The number of ether oxygens (including phenoxy) is 2. The highest BCUT2D eigenvalue weighted by Crippen LogP contribution is 2.33. The molecule has 0 heterocycles. The Kier molecular flexibility index (Phi) is 7.98. The Hall–Kier alpha value is -3.33. The zero-order valence-corrected chi connectivity index (χ0v) is 21.4. The van der Waals surface area contributed by atoms with E-state index < -0.39 is 0 Å². The van der Waals surface area contributed by atoms with Crippen LogP contribution in [0.3, 0.4) is 0 Å². The number of carbonyl (C=O) groups is 1. The van der Waals surface area contributed by atoms with Crippen LogP contribution in [0.4, 0.5) is 0 Å². The second-order valence-corrected chi connectivity index (χ2v) is 10.1. The number of allylic oxidation sites excluding steroid dienone is 1. The van der Waals surface area contributed by atoms with Gasteiger partial charge in [0.25, 0.3) is 0 Å². The highest BCUT2D eigenvalue weighted by molar-refractivity contribution is 6.06. The summed E-state index contributed by atoms with van der Waals surface area (Å²) in [5.74, 6) is 2.07. The Bertz CT molecular complexity index is 1160. The molecule has 0 amide bonds. The smallest absolute Gasteiger partial charge is 0.185 e. The molecule has 0 fully saturated rings. The van der Waals surface area contributed by atoms with Crippen LogP contribution in [0, 0.1) is 6.92 Å². The molecule has 0 N–H and O–H groups in total. The summed E-state index contributed by atoms with van der Waals surface area (Å²) < 4.78 is 11.8. The van der Waals surface area contributed by atoms with Gasteiger partial charge in [-0.1, -0.05) is 83.2 Å². The van der Waals surface area contributed by atoms with E-state index in [1.807, 2.05) is 48.5 Å². The average molecular weight is 457 g/mol. The molecular weight excluding hydrogens is 420 g/mol. The Balaban J connectivity index is 1.79. The van der Waals surface area contributed by atoms with Gasteiger partial charge in [-0.2, -0.15) is 0 Å². The summed E-state index contributed by atoms with van der Waals surface area (Å²) in [6.07, 6.45) is 3.46. The zero-order valence-electron chi connectivity index (χ0n) is 21.4. The molecule has 0 atom stereocenters. The molecule has 0 spiro atoms. The van der Waals surface area contributed by atoms with Gasteiger partial charge < -0.3 is 9.47 Å². The van der Waals surface area contributed by atoms with Crippen LogP contribution in [0.15, 0.2) is 66.7 Å². The molecule has 3 heteroatoms. The highest BCUT2D eigenvalue weighted by Gasteiger charge is 2.19. The molecule has 3 rings (SSSR count). The fraction of sp³-hybridized carbons (Fsp3) is 0.323. The molecule has 3 aromatic carbocycles. The van der Waals surface area contributed by atoms with E-state index in [0.29, 0.717) is 18.1 Å². The van der Waals surface area contributed by atoms with Crippen molar-refractivity contribution in [1.82, 2.24) is 0 Å². The SMILES string of the molecule is COc1ccc(/C=C/C(=O)c2ccc(C(C)C)cc2)cc1COc1cc(C)ccc1C(C)(C)C. The Morgan fingerprint density at radius 2 is 1.65 bits per heavy atom. The largest absolute Gasteiger partial charge is 0.496 e. The highest BCUT2D eigenvalue weighted by atomic mass is 16.5. The Morgan fingerprint density at radius 1 is 0.941 bits per heavy atom. The first-order chi connectivity index (χ1) is 16.1. The molecule has 0 radical (unpaired) electrons. The van der Waals surface area contributed by atoms with Crippen LogP contribution < -0.4 is 9.47 Å². The quantitative estimate of drug-likeness (QED) is 0.255.